The number of pyridine rings is 1. The van der Waals surface area contributed by atoms with Crippen molar-refractivity contribution < 1.29 is 22.7 Å². The van der Waals surface area contributed by atoms with E-state index in [0.717, 1.165) is 70.0 Å². The third-order valence-electron chi connectivity index (χ3n) is 17.4. The van der Waals surface area contributed by atoms with E-state index < -0.39 is 28.0 Å². The Bertz CT molecular complexity index is 2940. The normalized spacial score (nSPS) is 21.8. The van der Waals surface area contributed by atoms with Crippen molar-refractivity contribution in [3.05, 3.63) is 114 Å². The van der Waals surface area contributed by atoms with Crippen LogP contribution in [0.5, 0.6) is 6.01 Å². The molecule has 6 heterocycles. The predicted octanol–water partition coefficient (Wildman–Crippen LogP) is 12.4. The Labute approximate surface area is 428 Å². The number of anilines is 1. The van der Waals surface area contributed by atoms with Gasteiger partial charge in [-0.05, 0) is 88.6 Å². The van der Waals surface area contributed by atoms with Crippen LogP contribution in [0.25, 0.3) is 32.9 Å². The molecule has 12 heteroatoms. The van der Waals surface area contributed by atoms with Gasteiger partial charge in [-0.3, -0.25) is 9.88 Å². The van der Waals surface area contributed by atoms with E-state index >= 15 is 8.78 Å². The number of rotatable bonds is 13. The fourth-order valence-electron chi connectivity index (χ4n) is 13.8. The third-order valence-corrected chi connectivity index (χ3v) is 28.7. The standard InChI is InChI=1S/C60H73F2N5O3Si2/c1-41(2)71(42(3)4,43(5)6)36-28-48-51(61)26-25-44-19-16-24-49(52(44)48)54-53(62)55-50(37-63-54)56(66-33-18-30-60(39-66)32-35-69-60)65-57(64-55)68-40-59-29-17-34-67(59)45(27-31-59)38-70-72(58(7,8)9,46-20-12-10-13-21-46)47-22-14-11-15-23-47/h10-16,19-26,37,41-43,45H,17-18,27,29-35,38-40H2,1-9H3/t45-,59-,60?/m0/s1. The lowest BCUT2D eigenvalue weighted by Crippen LogP contribution is -2.67. The number of fused-ring (bicyclic) bond motifs is 3. The summed E-state index contributed by atoms with van der Waals surface area (Å²) < 4.78 is 54.8. The Kier molecular flexibility index (Phi) is 13.8. The molecule has 8 nitrogen and oxygen atoms in total. The Morgan fingerprint density at radius 3 is 2.12 bits per heavy atom. The first-order chi connectivity index (χ1) is 34.5. The van der Waals surface area contributed by atoms with Crippen LogP contribution in [0, 0.1) is 23.1 Å². The largest absolute Gasteiger partial charge is 0.461 e. The number of hydrogen-bond donors (Lipinski definition) is 0. The Balaban J connectivity index is 1.01. The lowest BCUT2D eigenvalue weighted by Gasteiger charge is -2.48. The Morgan fingerprint density at radius 1 is 0.806 bits per heavy atom. The molecule has 378 valence electrons. The van der Waals surface area contributed by atoms with Crippen molar-refractivity contribution in [3.8, 4) is 28.7 Å². The van der Waals surface area contributed by atoms with Gasteiger partial charge in [-0.15, -0.1) is 5.54 Å². The second kappa shape index (κ2) is 19.7. The van der Waals surface area contributed by atoms with E-state index in [2.05, 4.69) is 144 Å². The molecule has 4 aromatic carbocycles. The minimum atomic E-state index is -2.75. The highest BCUT2D eigenvalue weighted by Gasteiger charge is 2.54. The van der Waals surface area contributed by atoms with Crippen LogP contribution in [0.4, 0.5) is 14.6 Å². The molecule has 10 rings (SSSR count). The van der Waals surface area contributed by atoms with E-state index in [4.69, 9.17) is 28.9 Å². The molecule has 0 radical (unpaired) electrons. The first-order valence-corrected chi connectivity index (χ1v) is 30.8. The SMILES string of the molecule is CC(C)[Si](C#Cc1c(F)ccc2cccc(-c3ncc4c(N5CCCC6(CCO6)C5)nc(OC[C@@]56CCCN5[C@H](CO[Si](c5ccccc5)(c5ccccc5)C(C)(C)C)CC6)nc4c3F)c12)(C(C)C)C(C)C. The topological polar surface area (TPSA) is 72.8 Å². The van der Waals surface area contributed by atoms with Crippen molar-refractivity contribution in [1.82, 2.24) is 19.9 Å². The smallest absolute Gasteiger partial charge is 0.319 e. The molecule has 3 atom stereocenters. The molecule has 4 aliphatic heterocycles. The molecular weight excluding hydrogens is 933 g/mol. The number of halogens is 2. The van der Waals surface area contributed by atoms with E-state index in [1.807, 2.05) is 18.2 Å². The van der Waals surface area contributed by atoms with Crippen molar-refractivity contribution in [2.45, 2.75) is 146 Å². The second-order valence-corrected chi connectivity index (χ2v) is 33.2. The molecular formula is C60H73F2N5O3Si2. The van der Waals surface area contributed by atoms with Gasteiger partial charge in [0.15, 0.2) is 5.82 Å². The Hall–Kier alpha value is -5.04. The summed E-state index contributed by atoms with van der Waals surface area (Å²) in [6.45, 7) is 24.6. The van der Waals surface area contributed by atoms with Gasteiger partial charge in [-0.25, -0.2) is 8.78 Å². The lowest BCUT2D eigenvalue weighted by atomic mass is 9.86. The van der Waals surface area contributed by atoms with Gasteiger partial charge in [0.25, 0.3) is 8.32 Å². The zero-order valence-corrected chi connectivity index (χ0v) is 46.0. The summed E-state index contributed by atoms with van der Waals surface area (Å²) in [5.74, 6) is 2.97. The van der Waals surface area contributed by atoms with Crippen molar-refractivity contribution >= 4 is 54.3 Å². The Morgan fingerprint density at radius 2 is 1.49 bits per heavy atom. The number of nitrogens with zero attached hydrogens (tertiary/aromatic N) is 5. The average Bonchev–Trinajstić information content (AvgIpc) is 3.93. The maximum Gasteiger partial charge on any atom is 0.319 e. The summed E-state index contributed by atoms with van der Waals surface area (Å²) in [4.78, 5) is 19.8. The minimum Gasteiger partial charge on any atom is -0.461 e. The zero-order valence-electron chi connectivity index (χ0n) is 44.0. The van der Waals surface area contributed by atoms with E-state index in [9.17, 15) is 0 Å². The van der Waals surface area contributed by atoms with Crippen LogP contribution in [0.15, 0.2) is 97.2 Å². The highest BCUT2D eigenvalue weighted by atomic mass is 28.4. The maximum absolute atomic E-state index is 17.9. The summed E-state index contributed by atoms with van der Waals surface area (Å²) in [6, 6.07) is 30.9. The van der Waals surface area contributed by atoms with E-state index in [-0.39, 0.29) is 45.0 Å². The van der Waals surface area contributed by atoms with Gasteiger partial charge in [0.2, 0.25) is 0 Å². The number of aromatic nitrogens is 3. The molecule has 1 spiro atoms. The van der Waals surface area contributed by atoms with Crippen molar-refractivity contribution in [1.29, 1.82) is 0 Å². The van der Waals surface area contributed by atoms with E-state index in [1.54, 1.807) is 12.3 Å². The first kappa shape index (κ1) is 50.5. The number of ether oxygens (including phenoxy) is 2. The van der Waals surface area contributed by atoms with E-state index in [1.165, 1.54) is 16.4 Å². The average molecular weight is 1010 g/mol. The summed E-state index contributed by atoms with van der Waals surface area (Å²) >= 11 is 0. The molecule has 4 aliphatic rings. The fourth-order valence-corrected chi connectivity index (χ4v) is 23.6. The molecule has 2 aromatic heterocycles. The van der Waals surface area contributed by atoms with Gasteiger partial charge >= 0.3 is 6.01 Å². The first-order valence-electron chi connectivity index (χ1n) is 26.7. The monoisotopic (exact) mass is 1010 g/mol. The molecule has 72 heavy (non-hydrogen) atoms. The summed E-state index contributed by atoms with van der Waals surface area (Å²) in [5, 5.41) is 4.26. The highest BCUT2D eigenvalue weighted by molar-refractivity contribution is 6.99. The van der Waals surface area contributed by atoms with Crippen LogP contribution in [0.1, 0.15) is 113 Å². The molecule has 4 saturated heterocycles. The lowest BCUT2D eigenvalue weighted by molar-refractivity contribution is -0.151. The van der Waals surface area contributed by atoms with Gasteiger partial charge in [0.05, 0.1) is 35.3 Å². The minimum absolute atomic E-state index is 0.0926. The third kappa shape index (κ3) is 8.68. The number of hydrogen-bond acceptors (Lipinski definition) is 8. The van der Waals surface area contributed by atoms with Gasteiger partial charge in [-0.1, -0.05) is 153 Å². The summed E-state index contributed by atoms with van der Waals surface area (Å²) in [7, 11) is -5.00. The van der Waals surface area contributed by atoms with Crippen LogP contribution < -0.4 is 20.0 Å². The highest BCUT2D eigenvalue weighted by Crippen LogP contribution is 2.46. The molecule has 0 saturated carbocycles. The van der Waals surface area contributed by atoms with Crippen LogP contribution in [0.3, 0.4) is 0 Å². The molecule has 1 unspecified atom stereocenters. The van der Waals surface area contributed by atoms with Crippen molar-refractivity contribution in [3.63, 3.8) is 0 Å². The van der Waals surface area contributed by atoms with Crippen LogP contribution in [-0.2, 0) is 9.16 Å². The van der Waals surface area contributed by atoms with Crippen LogP contribution in [0.2, 0.25) is 21.7 Å². The summed E-state index contributed by atoms with van der Waals surface area (Å²) in [6.07, 6.45) is 8.54. The zero-order chi connectivity index (χ0) is 50.6. The van der Waals surface area contributed by atoms with E-state index in [0.29, 0.717) is 58.5 Å². The second-order valence-electron chi connectivity index (χ2n) is 23.3. The van der Waals surface area contributed by atoms with Crippen LogP contribution >= 0.6 is 0 Å². The maximum atomic E-state index is 17.9. The fraction of sp³-hybridized carbons (Fsp3) is 0.483. The number of benzene rings is 4. The van der Waals surface area contributed by atoms with Gasteiger partial charge in [-0.2, -0.15) is 9.97 Å². The predicted molar refractivity (Wildman–Crippen MR) is 294 cm³/mol. The molecule has 0 aliphatic carbocycles. The molecule has 6 aromatic rings. The number of piperidine rings is 1. The van der Waals surface area contributed by atoms with Gasteiger partial charge < -0.3 is 18.8 Å². The molecule has 0 N–H and O–H groups in total. The van der Waals surface area contributed by atoms with Crippen LogP contribution in [-0.4, -0.2) is 92.9 Å². The van der Waals surface area contributed by atoms with Crippen molar-refractivity contribution in [2.75, 3.05) is 44.4 Å². The molecule has 0 amide bonds. The molecule has 4 fully saturated rings. The quantitative estimate of drug-likeness (QED) is 0.0837. The van der Waals surface area contributed by atoms with Gasteiger partial charge in [0, 0.05) is 42.7 Å². The summed E-state index contributed by atoms with van der Waals surface area (Å²) in [5.41, 5.74) is 5.31. The molecule has 0 bridgehead atoms. The van der Waals surface area contributed by atoms with Crippen molar-refractivity contribution in [2.24, 2.45) is 0 Å². The van der Waals surface area contributed by atoms with Gasteiger partial charge in [0.1, 0.15) is 37.5 Å².